The number of ether oxygens (including phenoxy) is 2. The predicted molar refractivity (Wildman–Crippen MR) is 82.6 cm³/mol. The highest BCUT2D eigenvalue weighted by atomic mass is 16.5. The molecular formula is C16H19N3O5. The molecule has 3 rings (SSSR count). The van der Waals surface area contributed by atoms with Crippen LogP contribution in [0, 0.1) is 5.92 Å². The number of methoxy groups -OCH3 is 1. The second-order valence-corrected chi connectivity index (χ2v) is 5.46. The summed E-state index contributed by atoms with van der Waals surface area (Å²) in [5.41, 5.74) is 0.964. The number of para-hydroxylation sites is 1. The van der Waals surface area contributed by atoms with Crippen molar-refractivity contribution in [3.63, 3.8) is 0 Å². The molecular weight excluding hydrogens is 314 g/mol. The van der Waals surface area contributed by atoms with Crippen molar-refractivity contribution in [3.05, 3.63) is 35.5 Å². The lowest BCUT2D eigenvalue weighted by molar-refractivity contribution is -0.126. The van der Waals surface area contributed by atoms with Crippen molar-refractivity contribution in [2.24, 2.45) is 5.92 Å². The molecule has 1 aliphatic rings. The monoisotopic (exact) mass is 333 g/mol. The molecule has 8 nitrogen and oxygen atoms in total. The van der Waals surface area contributed by atoms with Gasteiger partial charge in [0.15, 0.2) is 17.3 Å². The number of nitrogens with one attached hydrogen (secondary N) is 1. The number of fused-ring (bicyclic) bond motifs is 1. The molecule has 1 aromatic carbocycles. The molecule has 24 heavy (non-hydrogen) atoms. The fraction of sp³-hybridized carbons (Fsp3) is 0.438. The normalized spacial score (nSPS) is 16.2. The lowest BCUT2D eigenvalue weighted by Crippen LogP contribution is -2.38. The number of aliphatic hydroxyl groups excluding tert-OH is 1. The van der Waals surface area contributed by atoms with Crippen LogP contribution in [0.5, 0.6) is 11.5 Å². The zero-order chi connectivity index (χ0) is 16.9. The SMILES string of the molecule is COc1cccc2c1OC[C@H](C(=O)NCCc1noc(CO)n1)C2. The maximum atomic E-state index is 12.3. The van der Waals surface area contributed by atoms with E-state index in [1.807, 2.05) is 18.2 Å². The van der Waals surface area contributed by atoms with Gasteiger partial charge in [-0.1, -0.05) is 17.3 Å². The number of hydrogen-bond acceptors (Lipinski definition) is 7. The van der Waals surface area contributed by atoms with Crippen molar-refractivity contribution in [2.75, 3.05) is 20.3 Å². The number of aromatic nitrogens is 2. The van der Waals surface area contributed by atoms with Crippen LogP contribution >= 0.6 is 0 Å². The topological polar surface area (TPSA) is 107 Å². The van der Waals surface area contributed by atoms with Crippen LogP contribution in [0.3, 0.4) is 0 Å². The Balaban J connectivity index is 1.52. The first-order chi connectivity index (χ1) is 11.7. The third-order valence-corrected chi connectivity index (χ3v) is 3.84. The van der Waals surface area contributed by atoms with Gasteiger partial charge in [0.05, 0.1) is 13.0 Å². The van der Waals surface area contributed by atoms with Crippen molar-refractivity contribution < 1.29 is 23.9 Å². The van der Waals surface area contributed by atoms with Crippen molar-refractivity contribution in [1.82, 2.24) is 15.5 Å². The first-order valence-electron chi connectivity index (χ1n) is 7.70. The van der Waals surface area contributed by atoms with E-state index >= 15 is 0 Å². The summed E-state index contributed by atoms with van der Waals surface area (Å²) in [4.78, 5) is 16.3. The minimum Gasteiger partial charge on any atom is -0.493 e. The number of hydrogen-bond donors (Lipinski definition) is 2. The fourth-order valence-electron chi connectivity index (χ4n) is 2.62. The van der Waals surface area contributed by atoms with Crippen LogP contribution in [-0.4, -0.2) is 41.4 Å². The third-order valence-electron chi connectivity index (χ3n) is 3.84. The zero-order valence-electron chi connectivity index (χ0n) is 13.3. The predicted octanol–water partition coefficient (Wildman–Crippen LogP) is 0.480. The van der Waals surface area contributed by atoms with Crippen molar-refractivity contribution >= 4 is 5.91 Å². The molecule has 0 aliphatic carbocycles. The smallest absolute Gasteiger partial charge is 0.252 e. The van der Waals surface area contributed by atoms with Crippen LogP contribution in [0.1, 0.15) is 17.3 Å². The molecule has 0 radical (unpaired) electrons. The Kier molecular flexibility index (Phi) is 4.95. The van der Waals surface area contributed by atoms with Gasteiger partial charge in [0.2, 0.25) is 5.91 Å². The largest absolute Gasteiger partial charge is 0.493 e. The van der Waals surface area contributed by atoms with E-state index in [-0.39, 0.29) is 24.3 Å². The summed E-state index contributed by atoms with van der Waals surface area (Å²) in [6, 6.07) is 5.66. The molecule has 0 saturated carbocycles. The van der Waals surface area contributed by atoms with Gasteiger partial charge >= 0.3 is 0 Å². The molecule has 0 bridgehead atoms. The second kappa shape index (κ2) is 7.31. The van der Waals surface area contributed by atoms with Gasteiger partial charge in [-0.05, 0) is 18.1 Å². The van der Waals surface area contributed by atoms with Crippen LogP contribution in [0.4, 0.5) is 0 Å². The molecule has 128 valence electrons. The van der Waals surface area contributed by atoms with Gasteiger partial charge in [-0.3, -0.25) is 4.79 Å². The third kappa shape index (κ3) is 3.48. The van der Waals surface area contributed by atoms with Crippen LogP contribution in [0.2, 0.25) is 0 Å². The van der Waals surface area contributed by atoms with Gasteiger partial charge in [0.25, 0.3) is 5.89 Å². The molecule has 2 heterocycles. The Morgan fingerprint density at radius 2 is 2.38 bits per heavy atom. The lowest BCUT2D eigenvalue weighted by Gasteiger charge is -2.25. The molecule has 0 fully saturated rings. The maximum absolute atomic E-state index is 12.3. The van der Waals surface area contributed by atoms with E-state index in [0.29, 0.717) is 43.3 Å². The van der Waals surface area contributed by atoms with Gasteiger partial charge in [0, 0.05) is 13.0 Å². The number of benzene rings is 1. The van der Waals surface area contributed by atoms with Gasteiger partial charge in [-0.25, -0.2) is 0 Å². The van der Waals surface area contributed by atoms with E-state index in [4.69, 9.17) is 19.1 Å². The number of carbonyl (C=O) groups excluding carboxylic acids is 1. The molecule has 0 saturated heterocycles. The maximum Gasteiger partial charge on any atom is 0.252 e. The lowest BCUT2D eigenvalue weighted by atomic mass is 9.95. The average molecular weight is 333 g/mol. The van der Waals surface area contributed by atoms with E-state index in [9.17, 15) is 4.79 Å². The summed E-state index contributed by atoms with van der Waals surface area (Å²) in [5.74, 6) is 1.70. The average Bonchev–Trinajstić information content (AvgIpc) is 3.08. The summed E-state index contributed by atoms with van der Waals surface area (Å²) in [6.07, 6.45) is 1.04. The highest BCUT2D eigenvalue weighted by Gasteiger charge is 2.27. The Morgan fingerprint density at radius 3 is 3.12 bits per heavy atom. The Bertz CT molecular complexity index is 715. The number of nitrogens with zero attached hydrogens (tertiary/aromatic N) is 2. The van der Waals surface area contributed by atoms with E-state index in [0.717, 1.165) is 5.56 Å². The molecule has 1 amide bonds. The highest BCUT2D eigenvalue weighted by molar-refractivity contribution is 5.79. The first kappa shape index (κ1) is 16.3. The van der Waals surface area contributed by atoms with E-state index in [1.165, 1.54) is 0 Å². The summed E-state index contributed by atoms with van der Waals surface area (Å²) in [6.45, 7) is 0.419. The van der Waals surface area contributed by atoms with Gasteiger partial charge in [-0.2, -0.15) is 4.98 Å². The number of carbonyl (C=O) groups is 1. The Labute approximate surface area is 138 Å². The molecule has 0 spiro atoms. The molecule has 1 aliphatic heterocycles. The minimum atomic E-state index is -0.290. The first-order valence-corrected chi connectivity index (χ1v) is 7.70. The molecule has 1 aromatic heterocycles. The van der Waals surface area contributed by atoms with E-state index in [1.54, 1.807) is 7.11 Å². The summed E-state index contributed by atoms with van der Waals surface area (Å²) < 4.78 is 15.8. The highest BCUT2D eigenvalue weighted by Crippen LogP contribution is 2.35. The van der Waals surface area contributed by atoms with E-state index < -0.39 is 0 Å². The molecule has 2 N–H and O–H groups in total. The quantitative estimate of drug-likeness (QED) is 0.792. The van der Waals surface area contributed by atoms with Crippen LogP contribution in [0.15, 0.2) is 22.7 Å². The van der Waals surface area contributed by atoms with Crippen molar-refractivity contribution in [2.45, 2.75) is 19.4 Å². The van der Waals surface area contributed by atoms with Crippen LogP contribution in [0.25, 0.3) is 0 Å². The van der Waals surface area contributed by atoms with Crippen LogP contribution < -0.4 is 14.8 Å². The Morgan fingerprint density at radius 1 is 1.50 bits per heavy atom. The standard InChI is InChI=1S/C16H19N3O5/c1-22-12-4-2-3-10-7-11(9-23-15(10)12)16(21)17-6-5-13-18-14(8-20)24-19-13/h2-4,11,20H,5-9H2,1H3,(H,17,21)/t11-/m1/s1. The molecule has 0 unspecified atom stereocenters. The minimum absolute atomic E-state index is 0.0747. The second-order valence-electron chi connectivity index (χ2n) is 5.46. The van der Waals surface area contributed by atoms with Gasteiger partial charge in [-0.15, -0.1) is 0 Å². The Hall–Kier alpha value is -2.61. The fourth-order valence-corrected chi connectivity index (χ4v) is 2.62. The summed E-state index contributed by atoms with van der Waals surface area (Å²) >= 11 is 0. The molecule has 2 aromatic rings. The number of aliphatic hydroxyl groups is 1. The zero-order valence-corrected chi connectivity index (χ0v) is 13.3. The molecule has 8 heteroatoms. The van der Waals surface area contributed by atoms with Gasteiger partial charge in [0.1, 0.15) is 13.2 Å². The van der Waals surface area contributed by atoms with E-state index in [2.05, 4.69) is 15.5 Å². The number of amides is 1. The molecule has 1 atom stereocenters. The summed E-state index contributed by atoms with van der Waals surface area (Å²) in [5, 5.41) is 15.4. The van der Waals surface area contributed by atoms with Crippen molar-refractivity contribution in [3.8, 4) is 11.5 Å². The summed E-state index contributed by atoms with van der Waals surface area (Å²) in [7, 11) is 1.60. The number of rotatable bonds is 6. The van der Waals surface area contributed by atoms with Crippen molar-refractivity contribution in [1.29, 1.82) is 0 Å². The van der Waals surface area contributed by atoms with Gasteiger partial charge < -0.3 is 24.4 Å². The van der Waals surface area contributed by atoms with Crippen LogP contribution in [-0.2, 0) is 24.2 Å².